The molecule has 0 amide bonds. The van der Waals surface area contributed by atoms with Crippen molar-refractivity contribution in [3.8, 4) is 0 Å². The van der Waals surface area contributed by atoms with Crippen molar-refractivity contribution < 1.29 is 14.3 Å². The van der Waals surface area contributed by atoms with Gasteiger partial charge in [-0.15, -0.1) is 0 Å². The van der Waals surface area contributed by atoms with Crippen LogP contribution in [0.15, 0.2) is 24.3 Å². The molecule has 3 heteroatoms. The van der Waals surface area contributed by atoms with E-state index in [0.717, 1.165) is 12.8 Å². The number of hydrogen-bond acceptors (Lipinski definition) is 3. The lowest BCUT2D eigenvalue weighted by Crippen LogP contribution is -2.33. The number of epoxide rings is 1. The van der Waals surface area contributed by atoms with Gasteiger partial charge in [0, 0.05) is 0 Å². The monoisotopic (exact) mass is 260 g/mol. The second-order valence-corrected chi connectivity index (χ2v) is 6.07. The molecule has 1 saturated heterocycles. The SMILES string of the molecule is CCOC(=O)C1OC12CCC(C)(C)c1ccccc12. The highest BCUT2D eigenvalue weighted by atomic mass is 16.7. The summed E-state index contributed by atoms with van der Waals surface area (Å²) in [5.74, 6) is -0.225. The summed E-state index contributed by atoms with van der Waals surface area (Å²) in [4.78, 5) is 11.9. The number of carbonyl (C=O) groups excluding carboxylic acids is 1. The Balaban J connectivity index is 1.97. The molecule has 2 aliphatic rings. The van der Waals surface area contributed by atoms with E-state index in [0.29, 0.717) is 6.61 Å². The van der Waals surface area contributed by atoms with Crippen LogP contribution >= 0.6 is 0 Å². The van der Waals surface area contributed by atoms with Gasteiger partial charge in [0.05, 0.1) is 6.61 Å². The van der Waals surface area contributed by atoms with Crippen LogP contribution in [0, 0.1) is 0 Å². The fourth-order valence-corrected chi connectivity index (χ4v) is 3.24. The molecule has 2 atom stereocenters. The molecule has 102 valence electrons. The number of fused-ring (bicyclic) bond motifs is 2. The fraction of sp³-hybridized carbons (Fsp3) is 0.562. The summed E-state index contributed by atoms with van der Waals surface area (Å²) < 4.78 is 10.9. The summed E-state index contributed by atoms with van der Waals surface area (Å²) in [5.41, 5.74) is 2.20. The Kier molecular flexibility index (Phi) is 2.72. The van der Waals surface area contributed by atoms with Gasteiger partial charge in [-0.1, -0.05) is 38.1 Å². The zero-order chi connectivity index (χ0) is 13.7. The van der Waals surface area contributed by atoms with Crippen LogP contribution in [0.3, 0.4) is 0 Å². The maximum absolute atomic E-state index is 11.9. The minimum atomic E-state index is -0.418. The topological polar surface area (TPSA) is 38.8 Å². The minimum Gasteiger partial charge on any atom is -0.464 e. The molecule has 0 bridgehead atoms. The van der Waals surface area contributed by atoms with Gasteiger partial charge in [-0.3, -0.25) is 0 Å². The van der Waals surface area contributed by atoms with Crippen molar-refractivity contribution in [2.24, 2.45) is 0 Å². The van der Waals surface area contributed by atoms with E-state index in [4.69, 9.17) is 9.47 Å². The van der Waals surface area contributed by atoms with E-state index in [-0.39, 0.29) is 11.4 Å². The molecule has 0 aromatic heterocycles. The predicted octanol–water partition coefficient (Wildman–Crippen LogP) is 2.92. The minimum absolute atomic E-state index is 0.146. The maximum atomic E-state index is 11.9. The standard InChI is InChI=1S/C16H20O3/c1-4-18-14(17)13-16(19-13)10-9-15(2,3)11-7-5-6-8-12(11)16/h5-8,13H,4,9-10H2,1-3H3. The summed E-state index contributed by atoms with van der Waals surface area (Å²) in [5, 5.41) is 0. The third kappa shape index (κ3) is 1.79. The van der Waals surface area contributed by atoms with Gasteiger partial charge in [-0.05, 0) is 36.3 Å². The molecule has 3 nitrogen and oxygen atoms in total. The van der Waals surface area contributed by atoms with Crippen LogP contribution in [-0.2, 0) is 25.3 Å². The smallest absolute Gasteiger partial charge is 0.338 e. The Morgan fingerprint density at radius 2 is 2.00 bits per heavy atom. The number of benzene rings is 1. The van der Waals surface area contributed by atoms with Gasteiger partial charge >= 0.3 is 5.97 Å². The number of esters is 1. The lowest BCUT2D eigenvalue weighted by molar-refractivity contribution is -0.144. The van der Waals surface area contributed by atoms with Crippen molar-refractivity contribution in [1.29, 1.82) is 0 Å². The number of ether oxygens (including phenoxy) is 2. The third-order valence-corrected chi connectivity index (χ3v) is 4.43. The first-order valence-electron chi connectivity index (χ1n) is 6.96. The highest BCUT2D eigenvalue weighted by Gasteiger charge is 2.65. The van der Waals surface area contributed by atoms with Crippen LogP contribution in [0.25, 0.3) is 0 Å². The maximum Gasteiger partial charge on any atom is 0.338 e. The summed E-state index contributed by atoms with van der Waals surface area (Å²) in [6.45, 7) is 6.73. The average molecular weight is 260 g/mol. The van der Waals surface area contributed by atoms with Crippen LogP contribution < -0.4 is 0 Å². The molecule has 3 rings (SSSR count). The number of hydrogen-bond donors (Lipinski definition) is 0. The first kappa shape index (κ1) is 12.7. The molecular weight excluding hydrogens is 240 g/mol. The van der Waals surface area contributed by atoms with Crippen molar-refractivity contribution >= 4 is 5.97 Å². The third-order valence-electron chi connectivity index (χ3n) is 4.43. The molecule has 1 fully saturated rings. The number of carbonyl (C=O) groups is 1. The molecule has 1 aromatic carbocycles. The highest BCUT2D eigenvalue weighted by Crippen LogP contribution is 2.57. The van der Waals surface area contributed by atoms with Crippen molar-refractivity contribution in [2.45, 2.75) is 50.7 Å². The zero-order valence-corrected chi connectivity index (χ0v) is 11.7. The number of rotatable bonds is 2. The molecule has 1 heterocycles. The fourth-order valence-electron chi connectivity index (χ4n) is 3.24. The molecule has 0 radical (unpaired) electrons. The second kappa shape index (κ2) is 4.07. The van der Waals surface area contributed by atoms with Crippen molar-refractivity contribution in [3.63, 3.8) is 0 Å². The molecular formula is C16H20O3. The molecule has 1 aromatic rings. The summed E-state index contributed by atoms with van der Waals surface area (Å²) >= 11 is 0. The summed E-state index contributed by atoms with van der Waals surface area (Å²) in [6.07, 6.45) is 1.50. The lowest BCUT2D eigenvalue weighted by atomic mass is 9.67. The second-order valence-electron chi connectivity index (χ2n) is 6.07. The summed E-state index contributed by atoms with van der Waals surface area (Å²) in [7, 11) is 0. The molecule has 1 aliphatic carbocycles. The Bertz CT molecular complexity index is 520. The Hall–Kier alpha value is -1.35. The van der Waals surface area contributed by atoms with E-state index in [1.165, 1.54) is 11.1 Å². The van der Waals surface area contributed by atoms with Crippen molar-refractivity contribution in [3.05, 3.63) is 35.4 Å². The van der Waals surface area contributed by atoms with Gasteiger partial charge in [0.25, 0.3) is 0 Å². The van der Waals surface area contributed by atoms with E-state index in [1.807, 2.05) is 13.0 Å². The normalized spacial score (nSPS) is 30.8. The molecule has 19 heavy (non-hydrogen) atoms. The van der Waals surface area contributed by atoms with E-state index in [2.05, 4.69) is 32.0 Å². The molecule has 1 spiro atoms. The van der Waals surface area contributed by atoms with Crippen LogP contribution in [0.2, 0.25) is 0 Å². The Morgan fingerprint density at radius 3 is 2.68 bits per heavy atom. The molecule has 0 saturated carbocycles. The van der Waals surface area contributed by atoms with Gasteiger partial charge in [0.15, 0.2) is 6.10 Å². The van der Waals surface area contributed by atoms with Gasteiger partial charge in [0.1, 0.15) is 5.60 Å². The van der Waals surface area contributed by atoms with E-state index >= 15 is 0 Å². The molecule has 2 unspecified atom stereocenters. The van der Waals surface area contributed by atoms with Gasteiger partial charge in [-0.2, -0.15) is 0 Å². The van der Waals surface area contributed by atoms with Crippen LogP contribution in [0.4, 0.5) is 0 Å². The Morgan fingerprint density at radius 1 is 1.32 bits per heavy atom. The van der Waals surface area contributed by atoms with E-state index in [9.17, 15) is 4.79 Å². The van der Waals surface area contributed by atoms with Gasteiger partial charge in [-0.25, -0.2) is 4.79 Å². The van der Waals surface area contributed by atoms with Crippen molar-refractivity contribution in [2.75, 3.05) is 6.61 Å². The van der Waals surface area contributed by atoms with E-state index in [1.54, 1.807) is 0 Å². The zero-order valence-electron chi connectivity index (χ0n) is 11.7. The quantitative estimate of drug-likeness (QED) is 0.606. The van der Waals surface area contributed by atoms with Gasteiger partial charge in [0.2, 0.25) is 0 Å². The van der Waals surface area contributed by atoms with Crippen molar-refractivity contribution in [1.82, 2.24) is 0 Å². The first-order valence-corrected chi connectivity index (χ1v) is 6.96. The van der Waals surface area contributed by atoms with Gasteiger partial charge < -0.3 is 9.47 Å². The van der Waals surface area contributed by atoms with Crippen LogP contribution in [0.1, 0.15) is 44.7 Å². The highest BCUT2D eigenvalue weighted by molar-refractivity contribution is 5.80. The molecule has 0 N–H and O–H groups in total. The van der Waals surface area contributed by atoms with Crippen LogP contribution in [-0.4, -0.2) is 18.7 Å². The predicted molar refractivity (Wildman–Crippen MR) is 71.9 cm³/mol. The van der Waals surface area contributed by atoms with Crippen LogP contribution in [0.5, 0.6) is 0 Å². The largest absolute Gasteiger partial charge is 0.464 e. The average Bonchev–Trinajstić information content (AvgIpc) is 3.12. The lowest BCUT2D eigenvalue weighted by Gasteiger charge is -2.36. The Labute approximate surface area is 113 Å². The van der Waals surface area contributed by atoms with E-state index < -0.39 is 11.7 Å². The molecule has 1 aliphatic heterocycles. The summed E-state index contributed by atoms with van der Waals surface area (Å²) in [6, 6.07) is 8.32. The first-order chi connectivity index (χ1) is 9.01.